The molecule has 4 rings (SSSR count). The van der Waals surface area contributed by atoms with Crippen LogP contribution in [0.25, 0.3) is 22.5 Å². The first-order valence-corrected chi connectivity index (χ1v) is 8.69. The van der Waals surface area contributed by atoms with Gasteiger partial charge in [0.25, 0.3) is 5.91 Å². The minimum Gasteiger partial charge on any atom is -0.497 e. The molecule has 0 spiro atoms. The molecule has 1 amide bonds. The van der Waals surface area contributed by atoms with E-state index in [9.17, 15) is 4.79 Å². The fraction of sp³-hybridized carbons (Fsp3) is 0.143. The molecule has 0 saturated carbocycles. The number of ether oxygens (including phenoxy) is 2. The van der Waals surface area contributed by atoms with Gasteiger partial charge in [-0.05, 0) is 36.4 Å². The van der Waals surface area contributed by atoms with Gasteiger partial charge in [0.15, 0.2) is 12.4 Å². The van der Waals surface area contributed by atoms with E-state index in [-0.39, 0.29) is 19.1 Å². The highest BCUT2D eigenvalue weighted by Gasteiger charge is 2.12. The van der Waals surface area contributed by atoms with E-state index in [2.05, 4.69) is 10.5 Å². The average molecular weight is 378 g/mol. The van der Waals surface area contributed by atoms with E-state index in [0.29, 0.717) is 23.0 Å². The maximum atomic E-state index is 12.0. The van der Waals surface area contributed by atoms with Crippen molar-refractivity contribution in [2.45, 2.75) is 6.54 Å². The number of carbonyl (C=O) groups excluding carboxylic acids is 1. The SMILES string of the molecule is COc1ccc(OCC(=O)NCc2cc(-c3cc4ccccc4o3)on2)cc1. The summed E-state index contributed by atoms with van der Waals surface area (Å²) < 4.78 is 21.6. The van der Waals surface area contributed by atoms with Crippen LogP contribution in [0.5, 0.6) is 11.5 Å². The summed E-state index contributed by atoms with van der Waals surface area (Å²) in [5.41, 5.74) is 1.37. The van der Waals surface area contributed by atoms with Gasteiger partial charge in [-0.1, -0.05) is 23.4 Å². The summed E-state index contributed by atoms with van der Waals surface area (Å²) in [5.74, 6) is 2.15. The van der Waals surface area contributed by atoms with Gasteiger partial charge in [-0.15, -0.1) is 0 Å². The van der Waals surface area contributed by atoms with Crippen LogP contribution in [-0.2, 0) is 11.3 Å². The van der Waals surface area contributed by atoms with Gasteiger partial charge in [0.1, 0.15) is 22.8 Å². The number of methoxy groups -OCH3 is 1. The number of nitrogens with one attached hydrogen (secondary N) is 1. The van der Waals surface area contributed by atoms with Crippen LogP contribution in [0.4, 0.5) is 0 Å². The van der Waals surface area contributed by atoms with Crippen molar-refractivity contribution in [3.63, 3.8) is 0 Å². The molecular formula is C21H18N2O5. The van der Waals surface area contributed by atoms with Crippen LogP contribution in [0.2, 0.25) is 0 Å². The third-order valence-corrected chi connectivity index (χ3v) is 4.12. The second-order valence-electron chi connectivity index (χ2n) is 6.07. The van der Waals surface area contributed by atoms with Crippen LogP contribution in [0, 0.1) is 0 Å². The highest BCUT2D eigenvalue weighted by Crippen LogP contribution is 2.28. The van der Waals surface area contributed by atoms with Gasteiger partial charge in [-0.25, -0.2) is 0 Å². The Kier molecular flexibility index (Phi) is 4.97. The van der Waals surface area contributed by atoms with Crippen molar-refractivity contribution in [2.75, 3.05) is 13.7 Å². The third kappa shape index (κ3) is 3.98. The number of hydrogen-bond acceptors (Lipinski definition) is 6. The molecule has 0 aliphatic heterocycles. The van der Waals surface area contributed by atoms with E-state index in [1.807, 2.05) is 30.3 Å². The van der Waals surface area contributed by atoms with Crippen LogP contribution in [0.3, 0.4) is 0 Å². The molecule has 28 heavy (non-hydrogen) atoms. The van der Waals surface area contributed by atoms with E-state index in [1.165, 1.54) is 0 Å². The number of carbonyl (C=O) groups is 1. The lowest BCUT2D eigenvalue weighted by molar-refractivity contribution is -0.123. The Labute approximate surface area is 160 Å². The summed E-state index contributed by atoms with van der Waals surface area (Å²) >= 11 is 0. The quantitative estimate of drug-likeness (QED) is 0.526. The molecule has 1 N–H and O–H groups in total. The number of nitrogens with zero attached hydrogens (tertiary/aromatic N) is 1. The highest BCUT2D eigenvalue weighted by atomic mass is 16.5. The number of aromatic nitrogens is 1. The molecule has 2 aromatic carbocycles. The summed E-state index contributed by atoms with van der Waals surface area (Å²) in [6.07, 6.45) is 0. The molecule has 0 unspecified atom stereocenters. The van der Waals surface area contributed by atoms with Gasteiger partial charge in [0, 0.05) is 11.5 Å². The van der Waals surface area contributed by atoms with E-state index in [4.69, 9.17) is 18.4 Å². The number of fused-ring (bicyclic) bond motifs is 1. The lowest BCUT2D eigenvalue weighted by atomic mass is 10.2. The largest absolute Gasteiger partial charge is 0.497 e. The molecule has 2 aromatic heterocycles. The molecule has 4 aromatic rings. The van der Waals surface area contributed by atoms with Gasteiger partial charge in [0.05, 0.1) is 13.7 Å². The van der Waals surface area contributed by atoms with Crippen molar-refractivity contribution in [1.82, 2.24) is 10.5 Å². The first-order valence-electron chi connectivity index (χ1n) is 8.69. The van der Waals surface area contributed by atoms with E-state index >= 15 is 0 Å². The maximum Gasteiger partial charge on any atom is 0.258 e. The van der Waals surface area contributed by atoms with Crippen molar-refractivity contribution in [3.05, 3.63) is 66.4 Å². The first kappa shape index (κ1) is 17.7. The molecule has 0 fully saturated rings. The Balaban J connectivity index is 1.30. The predicted octanol–water partition coefficient (Wildman–Crippen LogP) is 3.79. The fourth-order valence-electron chi connectivity index (χ4n) is 2.68. The third-order valence-electron chi connectivity index (χ3n) is 4.12. The van der Waals surface area contributed by atoms with Gasteiger partial charge >= 0.3 is 0 Å². The summed E-state index contributed by atoms with van der Waals surface area (Å²) in [7, 11) is 1.59. The van der Waals surface area contributed by atoms with Crippen LogP contribution in [0.1, 0.15) is 5.69 Å². The lowest BCUT2D eigenvalue weighted by Crippen LogP contribution is -2.28. The van der Waals surface area contributed by atoms with Crippen LogP contribution in [-0.4, -0.2) is 24.8 Å². The fourth-order valence-corrected chi connectivity index (χ4v) is 2.68. The number of furan rings is 1. The van der Waals surface area contributed by atoms with Crippen molar-refractivity contribution >= 4 is 16.9 Å². The zero-order valence-corrected chi connectivity index (χ0v) is 15.2. The Hall–Kier alpha value is -3.74. The Morgan fingerprint density at radius 2 is 1.82 bits per heavy atom. The maximum absolute atomic E-state index is 12.0. The smallest absolute Gasteiger partial charge is 0.258 e. The Morgan fingerprint density at radius 3 is 2.61 bits per heavy atom. The summed E-state index contributed by atoms with van der Waals surface area (Å²) in [5, 5.41) is 7.69. The number of amides is 1. The van der Waals surface area contributed by atoms with Gasteiger partial charge in [-0.3, -0.25) is 4.79 Å². The molecule has 0 bridgehead atoms. The second kappa shape index (κ2) is 7.87. The lowest BCUT2D eigenvalue weighted by Gasteiger charge is -2.07. The van der Waals surface area contributed by atoms with Crippen molar-refractivity contribution in [2.24, 2.45) is 0 Å². The van der Waals surface area contributed by atoms with Gasteiger partial charge in [0.2, 0.25) is 5.76 Å². The van der Waals surface area contributed by atoms with Crippen molar-refractivity contribution < 1.29 is 23.2 Å². The summed E-state index contributed by atoms with van der Waals surface area (Å²) in [6.45, 7) is 0.134. The molecule has 142 valence electrons. The number of hydrogen-bond donors (Lipinski definition) is 1. The molecule has 0 saturated heterocycles. The molecule has 0 atom stereocenters. The van der Waals surface area contributed by atoms with Crippen molar-refractivity contribution in [1.29, 1.82) is 0 Å². The minimum absolute atomic E-state index is 0.0966. The number of para-hydroxylation sites is 1. The van der Waals surface area contributed by atoms with Crippen LogP contribution >= 0.6 is 0 Å². The second-order valence-corrected chi connectivity index (χ2v) is 6.07. The number of rotatable bonds is 7. The van der Waals surface area contributed by atoms with Crippen LogP contribution < -0.4 is 14.8 Å². The number of benzene rings is 2. The van der Waals surface area contributed by atoms with Gasteiger partial charge < -0.3 is 23.7 Å². The molecule has 7 heteroatoms. The molecule has 7 nitrogen and oxygen atoms in total. The topological polar surface area (TPSA) is 86.7 Å². The Morgan fingerprint density at radius 1 is 1.04 bits per heavy atom. The Bertz CT molecular complexity index is 1050. The van der Waals surface area contributed by atoms with E-state index in [0.717, 1.165) is 16.7 Å². The van der Waals surface area contributed by atoms with E-state index in [1.54, 1.807) is 37.4 Å². The van der Waals surface area contributed by atoms with Crippen LogP contribution in [0.15, 0.2) is 69.6 Å². The summed E-state index contributed by atoms with van der Waals surface area (Å²) in [4.78, 5) is 12.0. The zero-order valence-electron chi connectivity index (χ0n) is 15.2. The molecule has 2 heterocycles. The average Bonchev–Trinajstić information content (AvgIpc) is 3.37. The first-order chi connectivity index (χ1) is 13.7. The predicted molar refractivity (Wildman–Crippen MR) is 102 cm³/mol. The molecule has 0 aliphatic carbocycles. The minimum atomic E-state index is -0.260. The molecular weight excluding hydrogens is 360 g/mol. The summed E-state index contributed by atoms with van der Waals surface area (Å²) in [6, 6.07) is 18.3. The normalized spacial score (nSPS) is 10.8. The van der Waals surface area contributed by atoms with Crippen molar-refractivity contribution in [3.8, 4) is 23.0 Å². The standard InChI is InChI=1S/C21H18N2O5/c1-25-16-6-8-17(9-7-16)26-13-21(24)22-12-15-11-20(28-23-15)19-10-14-4-2-3-5-18(14)27-19/h2-11H,12-13H2,1H3,(H,22,24). The monoisotopic (exact) mass is 378 g/mol. The van der Waals surface area contributed by atoms with E-state index < -0.39 is 0 Å². The zero-order chi connectivity index (χ0) is 19.3. The highest BCUT2D eigenvalue weighted by molar-refractivity contribution is 5.81. The van der Waals surface area contributed by atoms with Gasteiger partial charge in [-0.2, -0.15) is 0 Å². The molecule has 0 radical (unpaired) electrons. The molecule has 0 aliphatic rings.